The van der Waals surface area contributed by atoms with Gasteiger partial charge in [0, 0.05) is 0 Å². The summed E-state index contributed by atoms with van der Waals surface area (Å²) >= 11 is 3.87. The van der Waals surface area contributed by atoms with E-state index in [1.807, 2.05) is 49.5 Å². The molecule has 0 spiro atoms. The Bertz CT molecular complexity index is 764. The van der Waals surface area contributed by atoms with Crippen molar-refractivity contribution < 1.29 is 14.3 Å². The summed E-state index contributed by atoms with van der Waals surface area (Å²) in [6, 6.07) is 18.7. The largest absolute Gasteiger partial charge is 0.476 e. The highest BCUT2D eigenvalue weighted by molar-refractivity contribution is 8.17. The van der Waals surface area contributed by atoms with Gasteiger partial charge in [0.05, 0.1) is 6.10 Å². The average molecular weight is 433 g/mol. The number of carbonyl (C=O) groups is 1. The van der Waals surface area contributed by atoms with Crippen molar-refractivity contribution in [3.05, 3.63) is 65.7 Å². The molecule has 0 saturated heterocycles. The number of carbonyl (C=O) groups excluding carboxylic acids is 1. The van der Waals surface area contributed by atoms with E-state index in [2.05, 4.69) is 56.3 Å². The van der Waals surface area contributed by atoms with Crippen LogP contribution < -0.4 is 4.74 Å². The molecule has 0 heterocycles. The van der Waals surface area contributed by atoms with Gasteiger partial charge in [-0.25, -0.2) is 4.79 Å². The van der Waals surface area contributed by atoms with Crippen molar-refractivity contribution in [3.63, 3.8) is 0 Å². The topological polar surface area (TPSA) is 35.5 Å². The van der Waals surface area contributed by atoms with Gasteiger partial charge in [-0.2, -0.15) is 0 Å². The Balaban J connectivity index is 2.33. The molecule has 29 heavy (non-hydrogen) atoms. The third-order valence-electron chi connectivity index (χ3n) is 4.29. The quantitative estimate of drug-likeness (QED) is 0.316. The third-order valence-corrected chi connectivity index (χ3v) is 7.33. The van der Waals surface area contributed by atoms with E-state index in [1.54, 1.807) is 13.8 Å². The van der Waals surface area contributed by atoms with Crippen LogP contribution in [0.2, 0.25) is 0 Å². The molecule has 0 aliphatic carbocycles. The zero-order chi connectivity index (χ0) is 21.5. The fourth-order valence-electron chi connectivity index (χ4n) is 3.04. The van der Waals surface area contributed by atoms with Crippen molar-refractivity contribution in [2.75, 3.05) is 11.5 Å². The molecule has 0 atom stereocenters. The summed E-state index contributed by atoms with van der Waals surface area (Å²) in [4.78, 5) is 12.3. The van der Waals surface area contributed by atoms with Gasteiger partial charge < -0.3 is 9.47 Å². The van der Waals surface area contributed by atoms with Crippen LogP contribution in [-0.2, 0) is 13.6 Å². The van der Waals surface area contributed by atoms with E-state index in [4.69, 9.17) is 9.47 Å². The molecule has 0 N–H and O–H groups in total. The molecule has 0 aliphatic heterocycles. The summed E-state index contributed by atoms with van der Waals surface area (Å²) < 4.78 is 11.1. The number of esters is 1. The second-order valence-electron chi connectivity index (χ2n) is 7.44. The molecule has 2 rings (SSSR count). The average Bonchev–Trinajstić information content (AvgIpc) is 2.68. The monoisotopic (exact) mass is 432 g/mol. The molecule has 0 amide bonds. The predicted octanol–water partition coefficient (Wildman–Crippen LogP) is 6.50. The van der Waals surface area contributed by atoms with E-state index >= 15 is 0 Å². The van der Waals surface area contributed by atoms with Crippen molar-refractivity contribution in [1.82, 2.24) is 0 Å². The number of hydrogen-bond acceptors (Lipinski definition) is 5. The maximum absolute atomic E-state index is 12.3. The van der Waals surface area contributed by atoms with Gasteiger partial charge in [0.15, 0.2) is 5.60 Å². The van der Waals surface area contributed by atoms with E-state index in [-0.39, 0.29) is 16.2 Å². The van der Waals surface area contributed by atoms with Gasteiger partial charge in [0.1, 0.15) is 9.83 Å². The fourth-order valence-corrected chi connectivity index (χ4v) is 6.10. The lowest BCUT2D eigenvalue weighted by Crippen LogP contribution is -2.40. The van der Waals surface area contributed by atoms with E-state index < -0.39 is 5.60 Å². The molecular formula is C24H32O3S2. The van der Waals surface area contributed by atoms with Crippen LogP contribution in [0.4, 0.5) is 0 Å². The van der Waals surface area contributed by atoms with Gasteiger partial charge in [-0.3, -0.25) is 0 Å². The smallest absolute Gasteiger partial charge is 0.350 e. The molecular weight excluding hydrogens is 400 g/mol. The Labute approximate surface area is 184 Å². The molecule has 3 nitrogen and oxygen atoms in total. The van der Waals surface area contributed by atoms with E-state index in [9.17, 15) is 4.79 Å². The lowest BCUT2D eigenvalue weighted by Gasteiger charge is -2.34. The fraction of sp³-hybridized carbons (Fsp3) is 0.458. The molecule has 5 heteroatoms. The first kappa shape index (κ1) is 23.7. The first-order chi connectivity index (χ1) is 13.7. The van der Waals surface area contributed by atoms with Crippen LogP contribution in [0.15, 0.2) is 54.6 Å². The van der Waals surface area contributed by atoms with Gasteiger partial charge in [-0.05, 0) is 62.5 Å². The molecule has 0 fully saturated rings. The Hall–Kier alpha value is -1.59. The first-order valence-electron chi connectivity index (χ1n) is 10.1. The minimum Gasteiger partial charge on any atom is -0.476 e. The molecule has 2 aromatic rings. The molecule has 0 aromatic heterocycles. The highest BCUT2D eigenvalue weighted by Crippen LogP contribution is 2.51. The zero-order valence-corrected chi connectivity index (χ0v) is 19.9. The Morgan fingerprint density at radius 2 is 1.41 bits per heavy atom. The summed E-state index contributed by atoms with van der Waals surface area (Å²) in [6.07, 6.45) is -0.170. The van der Waals surface area contributed by atoms with Crippen LogP contribution >= 0.6 is 23.5 Å². The molecule has 0 bridgehead atoms. The van der Waals surface area contributed by atoms with Crippen LogP contribution in [-0.4, -0.2) is 29.2 Å². The standard InChI is InChI=1S/C24H32O3S2/c1-7-28-24(29-8-2,19-12-10-9-11-13-19)20-14-16-21(17-15-20)27-23(5,6)22(25)26-18(3)4/h9-18H,7-8H2,1-6H3. The third kappa shape index (κ3) is 5.95. The number of hydrogen-bond donors (Lipinski definition) is 0. The Morgan fingerprint density at radius 3 is 1.90 bits per heavy atom. The van der Waals surface area contributed by atoms with Crippen molar-refractivity contribution in [1.29, 1.82) is 0 Å². The Kier molecular flexibility index (Phi) is 8.53. The summed E-state index contributed by atoms with van der Waals surface area (Å²) in [5, 5.41) is 0. The van der Waals surface area contributed by atoms with Crippen LogP contribution in [0.25, 0.3) is 0 Å². The highest BCUT2D eigenvalue weighted by atomic mass is 32.2. The first-order valence-corrected chi connectivity index (χ1v) is 12.1. The van der Waals surface area contributed by atoms with Gasteiger partial charge >= 0.3 is 5.97 Å². The van der Waals surface area contributed by atoms with Crippen molar-refractivity contribution in [2.45, 2.75) is 57.3 Å². The Morgan fingerprint density at radius 1 is 0.897 bits per heavy atom. The van der Waals surface area contributed by atoms with Gasteiger partial charge in [0.2, 0.25) is 0 Å². The highest BCUT2D eigenvalue weighted by Gasteiger charge is 2.35. The van der Waals surface area contributed by atoms with Crippen LogP contribution in [0.3, 0.4) is 0 Å². The lowest BCUT2D eigenvalue weighted by molar-refractivity contribution is -0.163. The molecule has 158 valence electrons. The van der Waals surface area contributed by atoms with Crippen LogP contribution in [0.5, 0.6) is 5.75 Å². The van der Waals surface area contributed by atoms with E-state index in [0.29, 0.717) is 5.75 Å². The number of benzene rings is 2. The molecule has 0 aliphatic rings. The molecule has 0 saturated carbocycles. The number of rotatable bonds is 10. The van der Waals surface area contributed by atoms with Crippen molar-refractivity contribution >= 4 is 29.5 Å². The SMILES string of the molecule is CCSC(SCC)(c1ccccc1)c1ccc(OC(C)(C)C(=O)OC(C)C)cc1. The molecule has 2 aromatic carbocycles. The number of ether oxygens (including phenoxy) is 2. The van der Waals surface area contributed by atoms with E-state index in [0.717, 1.165) is 11.5 Å². The maximum atomic E-state index is 12.3. The minimum atomic E-state index is -1.04. The van der Waals surface area contributed by atoms with Crippen LogP contribution in [0, 0.1) is 0 Å². The summed E-state index contributed by atoms with van der Waals surface area (Å²) in [5.74, 6) is 2.31. The second kappa shape index (κ2) is 10.4. The van der Waals surface area contributed by atoms with Gasteiger partial charge in [0.25, 0.3) is 0 Å². The zero-order valence-electron chi connectivity index (χ0n) is 18.2. The van der Waals surface area contributed by atoms with Gasteiger partial charge in [-0.1, -0.05) is 56.3 Å². The predicted molar refractivity (Wildman–Crippen MR) is 126 cm³/mol. The van der Waals surface area contributed by atoms with Crippen molar-refractivity contribution in [3.8, 4) is 5.75 Å². The maximum Gasteiger partial charge on any atom is 0.350 e. The van der Waals surface area contributed by atoms with Crippen LogP contribution in [0.1, 0.15) is 52.7 Å². The molecule has 0 radical (unpaired) electrons. The normalized spacial score (nSPS) is 12.1. The van der Waals surface area contributed by atoms with Gasteiger partial charge in [-0.15, -0.1) is 23.5 Å². The summed E-state index contributed by atoms with van der Waals surface area (Å²) in [7, 11) is 0. The lowest BCUT2D eigenvalue weighted by atomic mass is 10.0. The summed E-state index contributed by atoms with van der Waals surface area (Å²) in [6.45, 7) is 11.5. The summed E-state index contributed by atoms with van der Waals surface area (Å²) in [5.41, 5.74) is 1.46. The second-order valence-corrected chi connectivity index (χ2v) is 10.7. The van der Waals surface area contributed by atoms with E-state index in [1.165, 1.54) is 11.1 Å². The number of thioether (sulfide) groups is 2. The minimum absolute atomic E-state index is 0.170. The molecule has 0 unspecified atom stereocenters. The van der Waals surface area contributed by atoms with Crippen molar-refractivity contribution in [2.24, 2.45) is 0 Å².